The zero-order valence-electron chi connectivity index (χ0n) is 11.2. The van der Waals surface area contributed by atoms with Crippen molar-refractivity contribution in [3.8, 4) is 22.6 Å². The van der Waals surface area contributed by atoms with Gasteiger partial charge in [-0.3, -0.25) is 0 Å². The maximum absolute atomic E-state index is 10.0. The first-order valence-electron chi connectivity index (χ1n) is 6.48. The maximum atomic E-state index is 10.0. The van der Waals surface area contributed by atoms with Crippen LogP contribution >= 0.6 is 0 Å². The fourth-order valence-electron chi connectivity index (χ4n) is 2.82. The Morgan fingerprint density at radius 3 is 2.58 bits per heavy atom. The first kappa shape index (κ1) is 12.1. The van der Waals surface area contributed by atoms with E-state index in [4.69, 9.17) is 4.74 Å². The molecule has 0 aromatic heterocycles. The summed E-state index contributed by atoms with van der Waals surface area (Å²) in [5, 5.41) is 10.0. The number of benzene rings is 2. The number of fused-ring (bicyclic) bond motifs is 3. The Balaban J connectivity index is 2.25. The van der Waals surface area contributed by atoms with Crippen LogP contribution in [0.15, 0.2) is 36.4 Å². The van der Waals surface area contributed by atoms with Gasteiger partial charge in [0.15, 0.2) is 11.5 Å². The first-order valence-corrected chi connectivity index (χ1v) is 6.48. The standard InChI is InChI=1S/C16H17NO2/c1-17-9-11-5-3-4-6-13(11)14-8-15(18)16(19-2)7-12(14)10-17/h3-8,18H,9-10H2,1-2H3/p+1. The van der Waals surface area contributed by atoms with Crippen LogP contribution in [-0.2, 0) is 13.1 Å². The Morgan fingerprint density at radius 2 is 1.79 bits per heavy atom. The lowest BCUT2D eigenvalue weighted by Gasteiger charge is -2.12. The van der Waals surface area contributed by atoms with Gasteiger partial charge in [-0.15, -0.1) is 0 Å². The SMILES string of the molecule is COc1cc2c(cc1O)-c1ccccc1C[NH+](C)C2. The smallest absolute Gasteiger partial charge is 0.161 e. The van der Waals surface area contributed by atoms with E-state index >= 15 is 0 Å². The lowest BCUT2D eigenvalue weighted by atomic mass is 9.96. The Labute approximate surface area is 113 Å². The van der Waals surface area contributed by atoms with Crippen molar-refractivity contribution < 1.29 is 14.7 Å². The van der Waals surface area contributed by atoms with Gasteiger partial charge in [0.05, 0.1) is 14.2 Å². The molecule has 0 amide bonds. The van der Waals surface area contributed by atoms with Crippen LogP contribution in [0.4, 0.5) is 0 Å². The number of phenols is 1. The summed E-state index contributed by atoms with van der Waals surface area (Å²) in [6.07, 6.45) is 0. The third-order valence-corrected chi connectivity index (χ3v) is 3.70. The van der Waals surface area contributed by atoms with Gasteiger partial charge in [-0.2, -0.15) is 0 Å². The van der Waals surface area contributed by atoms with Crippen molar-refractivity contribution in [2.45, 2.75) is 13.1 Å². The number of phenolic OH excluding ortho intramolecular Hbond substituents is 1. The summed E-state index contributed by atoms with van der Waals surface area (Å²) in [5.41, 5.74) is 4.87. The predicted molar refractivity (Wildman–Crippen MR) is 74.4 cm³/mol. The van der Waals surface area contributed by atoms with Gasteiger partial charge >= 0.3 is 0 Å². The molecule has 1 unspecified atom stereocenters. The zero-order valence-corrected chi connectivity index (χ0v) is 11.2. The number of aromatic hydroxyl groups is 1. The van der Waals surface area contributed by atoms with E-state index in [0.29, 0.717) is 5.75 Å². The molecule has 0 saturated heterocycles. The Bertz CT molecular complexity index is 622. The van der Waals surface area contributed by atoms with Gasteiger partial charge in [-0.25, -0.2) is 0 Å². The summed E-state index contributed by atoms with van der Waals surface area (Å²) in [6.45, 7) is 1.93. The second-order valence-electron chi connectivity index (χ2n) is 5.15. The number of rotatable bonds is 1. The summed E-state index contributed by atoms with van der Waals surface area (Å²) >= 11 is 0. The molecule has 0 fully saturated rings. The van der Waals surface area contributed by atoms with Crippen LogP contribution in [0.2, 0.25) is 0 Å². The average Bonchev–Trinajstić information content (AvgIpc) is 2.53. The molecule has 3 rings (SSSR count). The molecule has 1 atom stereocenters. The average molecular weight is 256 g/mol. The molecule has 2 aromatic carbocycles. The van der Waals surface area contributed by atoms with Crippen LogP contribution in [0.3, 0.4) is 0 Å². The number of hydrogen-bond donors (Lipinski definition) is 2. The fraction of sp³-hybridized carbons (Fsp3) is 0.250. The molecule has 98 valence electrons. The summed E-state index contributed by atoms with van der Waals surface area (Å²) in [6, 6.07) is 12.2. The highest BCUT2D eigenvalue weighted by atomic mass is 16.5. The van der Waals surface area contributed by atoms with Crippen molar-refractivity contribution in [1.82, 2.24) is 0 Å². The summed E-state index contributed by atoms with van der Waals surface area (Å²) in [7, 11) is 3.77. The second-order valence-corrected chi connectivity index (χ2v) is 5.15. The van der Waals surface area contributed by atoms with Gasteiger partial charge in [0.2, 0.25) is 0 Å². The number of quaternary nitrogens is 1. The predicted octanol–water partition coefficient (Wildman–Crippen LogP) is 1.60. The lowest BCUT2D eigenvalue weighted by Crippen LogP contribution is -3.06. The highest BCUT2D eigenvalue weighted by molar-refractivity contribution is 5.74. The van der Waals surface area contributed by atoms with Crippen LogP contribution in [0.25, 0.3) is 11.1 Å². The van der Waals surface area contributed by atoms with Crippen LogP contribution < -0.4 is 9.64 Å². The van der Waals surface area contributed by atoms with E-state index in [1.807, 2.05) is 18.2 Å². The lowest BCUT2D eigenvalue weighted by molar-refractivity contribution is -0.907. The zero-order chi connectivity index (χ0) is 13.4. The van der Waals surface area contributed by atoms with E-state index in [-0.39, 0.29) is 5.75 Å². The van der Waals surface area contributed by atoms with Crippen molar-refractivity contribution in [3.05, 3.63) is 47.5 Å². The maximum Gasteiger partial charge on any atom is 0.161 e. The molecule has 19 heavy (non-hydrogen) atoms. The normalized spacial score (nSPS) is 17.3. The highest BCUT2D eigenvalue weighted by Gasteiger charge is 2.21. The van der Waals surface area contributed by atoms with Crippen molar-refractivity contribution in [2.75, 3.05) is 14.2 Å². The van der Waals surface area contributed by atoms with Crippen molar-refractivity contribution in [3.63, 3.8) is 0 Å². The number of ether oxygens (including phenoxy) is 1. The van der Waals surface area contributed by atoms with E-state index in [1.54, 1.807) is 7.11 Å². The van der Waals surface area contributed by atoms with E-state index in [9.17, 15) is 5.11 Å². The summed E-state index contributed by atoms with van der Waals surface area (Å²) < 4.78 is 5.22. The summed E-state index contributed by atoms with van der Waals surface area (Å²) in [5.74, 6) is 0.751. The fourth-order valence-corrected chi connectivity index (χ4v) is 2.82. The van der Waals surface area contributed by atoms with Crippen molar-refractivity contribution in [2.24, 2.45) is 0 Å². The second kappa shape index (κ2) is 4.59. The Morgan fingerprint density at radius 1 is 1.05 bits per heavy atom. The van der Waals surface area contributed by atoms with Crippen LogP contribution in [0.1, 0.15) is 11.1 Å². The molecule has 2 aromatic rings. The van der Waals surface area contributed by atoms with Gasteiger partial charge in [0.1, 0.15) is 13.1 Å². The third kappa shape index (κ3) is 2.06. The largest absolute Gasteiger partial charge is 0.504 e. The quantitative estimate of drug-likeness (QED) is 0.812. The molecular weight excluding hydrogens is 238 g/mol. The Hall–Kier alpha value is -2.00. The molecule has 0 saturated carbocycles. The van der Waals surface area contributed by atoms with E-state index < -0.39 is 0 Å². The molecule has 3 nitrogen and oxygen atoms in total. The Kier molecular flexibility index (Phi) is 2.91. The molecule has 0 bridgehead atoms. The highest BCUT2D eigenvalue weighted by Crippen LogP contribution is 2.36. The molecular formula is C16H18NO2+. The van der Waals surface area contributed by atoms with E-state index in [2.05, 4.69) is 25.2 Å². The monoisotopic (exact) mass is 256 g/mol. The van der Waals surface area contributed by atoms with Gasteiger partial charge in [-0.05, 0) is 23.3 Å². The molecule has 2 N–H and O–H groups in total. The molecule has 1 aliphatic rings. The number of methoxy groups -OCH3 is 1. The van der Waals surface area contributed by atoms with Gasteiger partial charge in [0.25, 0.3) is 0 Å². The minimum Gasteiger partial charge on any atom is -0.504 e. The number of nitrogens with one attached hydrogen (secondary N) is 1. The minimum atomic E-state index is 0.204. The third-order valence-electron chi connectivity index (χ3n) is 3.70. The van der Waals surface area contributed by atoms with Crippen LogP contribution in [-0.4, -0.2) is 19.3 Å². The number of hydrogen-bond acceptors (Lipinski definition) is 2. The summed E-state index contributed by atoms with van der Waals surface area (Å²) in [4.78, 5) is 1.43. The van der Waals surface area contributed by atoms with Crippen LogP contribution in [0, 0.1) is 0 Å². The molecule has 0 spiro atoms. The van der Waals surface area contributed by atoms with Gasteiger partial charge < -0.3 is 14.7 Å². The molecule has 1 aliphatic heterocycles. The van der Waals surface area contributed by atoms with Crippen molar-refractivity contribution in [1.29, 1.82) is 0 Å². The van der Waals surface area contributed by atoms with Gasteiger partial charge in [-0.1, -0.05) is 24.3 Å². The topological polar surface area (TPSA) is 33.9 Å². The molecule has 1 heterocycles. The molecule has 0 aliphatic carbocycles. The van der Waals surface area contributed by atoms with Gasteiger partial charge in [0, 0.05) is 11.1 Å². The molecule has 0 radical (unpaired) electrons. The van der Waals surface area contributed by atoms with E-state index in [0.717, 1.165) is 18.7 Å². The van der Waals surface area contributed by atoms with Crippen LogP contribution in [0.5, 0.6) is 11.5 Å². The minimum absolute atomic E-state index is 0.204. The first-order chi connectivity index (χ1) is 9.19. The van der Waals surface area contributed by atoms with Crippen molar-refractivity contribution >= 4 is 0 Å². The molecule has 3 heteroatoms. The van der Waals surface area contributed by atoms with E-state index in [1.165, 1.54) is 21.6 Å².